The normalized spacial score (nSPS) is 10.6. The van der Waals surface area contributed by atoms with E-state index in [9.17, 15) is 13.6 Å². The zero-order chi connectivity index (χ0) is 12.3. The van der Waals surface area contributed by atoms with Crippen LogP contribution in [0.3, 0.4) is 0 Å². The fraction of sp³-hybridized carbons (Fsp3) is 0.400. The van der Waals surface area contributed by atoms with Crippen LogP contribution in [0.15, 0.2) is 6.07 Å². The van der Waals surface area contributed by atoms with Crippen LogP contribution in [0.25, 0.3) is 0 Å². The highest BCUT2D eigenvalue weighted by atomic mass is 19.3. The van der Waals surface area contributed by atoms with Crippen LogP contribution in [0, 0.1) is 6.92 Å². The highest BCUT2D eigenvalue weighted by Crippen LogP contribution is 2.23. The van der Waals surface area contributed by atoms with Crippen LogP contribution >= 0.6 is 0 Å². The third kappa shape index (κ3) is 2.65. The zero-order valence-corrected chi connectivity index (χ0v) is 8.96. The first-order valence-electron chi connectivity index (χ1n) is 4.56. The second kappa shape index (κ2) is 4.87. The number of esters is 1. The van der Waals surface area contributed by atoms with Crippen molar-refractivity contribution in [1.82, 2.24) is 4.98 Å². The summed E-state index contributed by atoms with van der Waals surface area (Å²) in [6.07, 6.45) is -2.80. The SMILES string of the molecule is COC(=O)Cc1cc(C(F)F)nc(N)c1C. The monoisotopic (exact) mass is 230 g/mol. The number of hydrogen-bond donors (Lipinski definition) is 1. The van der Waals surface area contributed by atoms with Gasteiger partial charge >= 0.3 is 5.97 Å². The molecule has 6 heteroatoms. The Hall–Kier alpha value is -1.72. The van der Waals surface area contributed by atoms with E-state index in [2.05, 4.69) is 9.72 Å². The molecule has 0 unspecified atom stereocenters. The Morgan fingerprint density at radius 1 is 1.62 bits per heavy atom. The van der Waals surface area contributed by atoms with Gasteiger partial charge in [-0.15, -0.1) is 0 Å². The highest BCUT2D eigenvalue weighted by molar-refractivity contribution is 5.73. The number of nitrogens with two attached hydrogens (primary N) is 1. The van der Waals surface area contributed by atoms with Crippen LogP contribution in [0.1, 0.15) is 23.2 Å². The van der Waals surface area contributed by atoms with Crippen molar-refractivity contribution in [2.24, 2.45) is 0 Å². The molecule has 1 aromatic heterocycles. The van der Waals surface area contributed by atoms with Gasteiger partial charge in [-0.05, 0) is 24.1 Å². The molecule has 0 aromatic carbocycles. The number of hydrogen-bond acceptors (Lipinski definition) is 4. The summed E-state index contributed by atoms with van der Waals surface area (Å²) in [4.78, 5) is 14.6. The van der Waals surface area contributed by atoms with Gasteiger partial charge in [-0.1, -0.05) is 0 Å². The molecule has 0 atom stereocenters. The van der Waals surface area contributed by atoms with Crippen LogP contribution in [0.4, 0.5) is 14.6 Å². The maximum absolute atomic E-state index is 12.4. The van der Waals surface area contributed by atoms with Gasteiger partial charge in [-0.25, -0.2) is 13.8 Å². The zero-order valence-electron chi connectivity index (χ0n) is 8.96. The highest BCUT2D eigenvalue weighted by Gasteiger charge is 2.15. The second-order valence-electron chi connectivity index (χ2n) is 3.27. The molecule has 1 rings (SSSR count). The van der Waals surface area contributed by atoms with E-state index in [0.29, 0.717) is 11.1 Å². The molecule has 2 N–H and O–H groups in total. The van der Waals surface area contributed by atoms with Crippen molar-refractivity contribution in [3.8, 4) is 0 Å². The van der Waals surface area contributed by atoms with Crippen LogP contribution < -0.4 is 5.73 Å². The number of rotatable bonds is 3. The molecule has 0 amide bonds. The van der Waals surface area contributed by atoms with Crippen molar-refractivity contribution in [3.05, 3.63) is 22.9 Å². The molecule has 0 fully saturated rings. The first-order valence-corrected chi connectivity index (χ1v) is 4.56. The maximum Gasteiger partial charge on any atom is 0.309 e. The Kier molecular flexibility index (Phi) is 3.76. The van der Waals surface area contributed by atoms with E-state index in [1.807, 2.05) is 0 Å². The lowest BCUT2D eigenvalue weighted by Gasteiger charge is -2.09. The van der Waals surface area contributed by atoms with E-state index in [1.165, 1.54) is 13.2 Å². The van der Waals surface area contributed by atoms with E-state index in [-0.39, 0.29) is 12.2 Å². The van der Waals surface area contributed by atoms with E-state index in [4.69, 9.17) is 5.73 Å². The molecule has 0 saturated carbocycles. The number of halogens is 2. The van der Waals surface area contributed by atoms with Gasteiger partial charge in [0.2, 0.25) is 0 Å². The van der Waals surface area contributed by atoms with E-state index in [1.54, 1.807) is 6.92 Å². The minimum Gasteiger partial charge on any atom is -0.469 e. The van der Waals surface area contributed by atoms with Gasteiger partial charge in [0.15, 0.2) is 0 Å². The third-order valence-electron chi connectivity index (χ3n) is 2.22. The van der Waals surface area contributed by atoms with Crippen molar-refractivity contribution in [1.29, 1.82) is 0 Å². The van der Waals surface area contributed by atoms with Gasteiger partial charge < -0.3 is 10.5 Å². The van der Waals surface area contributed by atoms with E-state index >= 15 is 0 Å². The Balaban J connectivity index is 3.11. The fourth-order valence-corrected chi connectivity index (χ4v) is 1.23. The van der Waals surface area contributed by atoms with Gasteiger partial charge in [0.1, 0.15) is 11.5 Å². The molecule has 16 heavy (non-hydrogen) atoms. The Morgan fingerprint density at radius 2 is 2.25 bits per heavy atom. The van der Waals surface area contributed by atoms with Gasteiger partial charge in [-0.3, -0.25) is 4.79 Å². The minimum absolute atomic E-state index is 0.0108. The number of aromatic nitrogens is 1. The van der Waals surface area contributed by atoms with Crippen LogP contribution in [-0.4, -0.2) is 18.1 Å². The molecule has 1 aromatic rings. The number of ether oxygens (including phenoxy) is 1. The summed E-state index contributed by atoms with van der Waals surface area (Å²) in [5, 5.41) is 0. The number of carbonyl (C=O) groups excluding carboxylic acids is 1. The summed E-state index contributed by atoms with van der Waals surface area (Å²) in [6.45, 7) is 1.62. The Morgan fingerprint density at radius 3 is 2.75 bits per heavy atom. The van der Waals surface area contributed by atoms with E-state index < -0.39 is 18.1 Å². The molecule has 0 aliphatic carbocycles. The molecule has 0 aliphatic rings. The molecular formula is C10H12F2N2O2. The number of anilines is 1. The van der Waals surface area contributed by atoms with Crippen LogP contribution in [0.5, 0.6) is 0 Å². The van der Waals surface area contributed by atoms with Crippen LogP contribution in [-0.2, 0) is 16.0 Å². The average Bonchev–Trinajstić information content (AvgIpc) is 2.23. The van der Waals surface area contributed by atoms with Gasteiger partial charge in [-0.2, -0.15) is 0 Å². The van der Waals surface area contributed by atoms with Crippen molar-refractivity contribution >= 4 is 11.8 Å². The smallest absolute Gasteiger partial charge is 0.309 e. The van der Waals surface area contributed by atoms with Gasteiger partial charge in [0, 0.05) is 0 Å². The molecule has 0 spiro atoms. The lowest BCUT2D eigenvalue weighted by atomic mass is 10.1. The lowest BCUT2D eigenvalue weighted by Crippen LogP contribution is -2.09. The Labute approximate surface area is 91.4 Å². The summed E-state index contributed by atoms with van der Waals surface area (Å²) >= 11 is 0. The quantitative estimate of drug-likeness (QED) is 0.801. The fourth-order valence-electron chi connectivity index (χ4n) is 1.23. The first kappa shape index (κ1) is 12.4. The van der Waals surface area contributed by atoms with Crippen molar-refractivity contribution in [3.63, 3.8) is 0 Å². The Bertz CT molecular complexity index is 408. The minimum atomic E-state index is -2.71. The maximum atomic E-state index is 12.4. The summed E-state index contributed by atoms with van der Waals surface area (Å²) in [5.41, 5.74) is 5.99. The third-order valence-corrected chi connectivity index (χ3v) is 2.22. The molecule has 88 valence electrons. The molecule has 0 radical (unpaired) electrons. The molecule has 4 nitrogen and oxygen atoms in total. The molecule has 0 saturated heterocycles. The first-order chi connectivity index (χ1) is 7.45. The van der Waals surface area contributed by atoms with Crippen LogP contribution in [0.2, 0.25) is 0 Å². The number of carbonyl (C=O) groups is 1. The molecule has 0 aliphatic heterocycles. The number of nitrogens with zero attached hydrogens (tertiary/aromatic N) is 1. The van der Waals surface area contributed by atoms with Crippen molar-refractivity contribution < 1.29 is 18.3 Å². The average molecular weight is 230 g/mol. The predicted molar refractivity (Wildman–Crippen MR) is 54.1 cm³/mol. The summed E-state index contributed by atoms with van der Waals surface area (Å²) in [6, 6.07) is 1.17. The number of nitrogen functional groups attached to an aromatic ring is 1. The van der Waals surface area contributed by atoms with Crippen molar-refractivity contribution in [2.45, 2.75) is 19.8 Å². The molecule has 1 heterocycles. The number of methoxy groups -OCH3 is 1. The summed E-state index contributed by atoms with van der Waals surface area (Å²) in [7, 11) is 1.23. The largest absolute Gasteiger partial charge is 0.469 e. The van der Waals surface area contributed by atoms with Gasteiger partial charge in [0.25, 0.3) is 6.43 Å². The van der Waals surface area contributed by atoms with Crippen molar-refractivity contribution in [2.75, 3.05) is 12.8 Å². The second-order valence-corrected chi connectivity index (χ2v) is 3.27. The molecule has 0 bridgehead atoms. The topological polar surface area (TPSA) is 65.2 Å². The standard InChI is InChI=1S/C10H12F2N2O2/c1-5-6(4-8(15)16-2)3-7(9(11)12)14-10(5)13/h3,9H,4H2,1-2H3,(H2,13,14). The summed E-state index contributed by atoms with van der Waals surface area (Å²) in [5.74, 6) is -0.495. The van der Waals surface area contributed by atoms with E-state index in [0.717, 1.165) is 0 Å². The molecular weight excluding hydrogens is 218 g/mol. The number of alkyl halides is 2. The summed E-state index contributed by atoms with van der Waals surface area (Å²) < 4.78 is 29.3. The van der Waals surface area contributed by atoms with Gasteiger partial charge in [0.05, 0.1) is 13.5 Å². The predicted octanol–water partition coefficient (Wildman–Crippen LogP) is 1.63. The number of pyridine rings is 1. The lowest BCUT2D eigenvalue weighted by molar-refractivity contribution is -0.139.